The summed E-state index contributed by atoms with van der Waals surface area (Å²) in [7, 11) is 0. The molecule has 0 aromatic heterocycles. The van der Waals surface area contributed by atoms with Gasteiger partial charge >= 0.3 is 0 Å². The highest BCUT2D eigenvalue weighted by atomic mass is 14.3. The Kier molecular flexibility index (Phi) is 8.63. The summed E-state index contributed by atoms with van der Waals surface area (Å²) >= 11 is 0. The van der Waals surface area contributed by atoms with Crippen LogP contribution >= 0.6 is 0 Å². The second kappa shape index (κ2) is 10.2. The first-order valence-electron chi connectivity index (χ1n) is 7.81. The summed E-state index contributed by atoms with van der Waals surface area (Å²) in [6, 6.07) is 0. The maximum Gasteiger partial charge on any atom is -0.0202 e. The molecule has 0 bridgehead atoms. The van der Waals surface area contributed by atoms with E-state index in [4.69, 9.17) is 0 Å². The van der Waals surface area contributed by atoms with Gasteiger partial charge in [-0.25, -0.2) is 0 Å². The molecule has 1 rings (SSSR count). The van der Waals surface area contributed by atoms with E-state index in [1.165, 1.54) is 51.4 Å². The highest BCUT2D eigenvalue weighted by molar-refractivity contribution is 4.98. The molecule has 0 aromatic rings. The van der Waals surface area contributed by atoms with Crippen LogP contribution in [0.5, 0.6) is 0 Å². The van der Waals surface area contributed by atoms with E-state index >= 15 is 0 Å². The molecule has 0 N–H and O–H groups in total. The van der Waals surface area contributed by atoms with Crippen molar-refractivity contribution in [2.75, 3.05) is 0 Å². The van der Waals surface area contributed by atoms with Gasteiger partial charge < -0.3 is 0 Å². The molecule has 0 heteroatoms. The summed E-state index contributed by atoms with van der Waals surface area (Å²) in [6.45, 7) is 4.34. The van der Waals surface area contributed by atoms with Crippen LogP contribution < -0.4 is 0 Å². The molecular formula is C18H30. The molecule has 0 amide bonds. The Balaban J connectivity index is 2.26. The lowest BCUT2D eigenvalue weighted by atomic mass is 9.92. The van der Waals surface area contributed by atoms with Crippen molar-refractivity contribution in [3.8, 4) is 0 Å². The fraction of sp³-hybridized carbons (Fsp3) is 0.667. The maximum absolute atomic E-state index is 2.49. The average molecular weight is 246 g/mol. The van der Waals surface area contributed by atoms with Gasteiger partial charge in [0.15, 0.2) is 0 Å². The number of hydrogen-bond acceptors (Lipinski definition) is 0. The zero-order chi connectivity index (χ0) is 13.1. The first-order valence-corrected chi connectivity index (χ1v) is 7.81. The van der Waals surface area contributed by atoms with Gasteiger partial charge in [-0.05, 0) is 57.3 Å². The van der Waals surface area contributed by atoms with Crippen LogP contribution in [-0.2, 0) is 0 Å². The molecule has 102 valence electrons. The molecule has 18 heavy (non-hydrogen) atoms. The van der Waals surface area contributed by atoms with Crippen molar-refractivity contribution in [3.05, 3.63) is 36.5 Å². The molecular weight excluding hydrogens is 216 g/mol. The summed E-state index contributed by atoms with van der Waals surface area (Å²) in [5.74, 6) is 1.76. The van der Waals surface area contributed by atoms with Crippen LogP contribution in [0.4, 0.5) is 0 Å². The minimum Gasteiger partial charge on any atom is -0.0917 e. The number of unbranched alkanes of at least 4 members (excludes halogenated alkanes) is 2. The SMILES string of the molecule is CC=CCCC=C[C@H]1CCC[C@@H]1CC=CCCC. The van der Waals surface area contributed by atoms with Crippen LogP contribution in [0.1, 0.15) is 65.2 Å². The minimum absolute atomic E-state index is 0.849. The smallest absolute Gasteiger partial charge is 0.0202 e. The predicted molar refractivity (Wildman–Crippen MR) is 82.7 cm³/mol. The predicted octanol–water partition coefficient (Wildman–Crippen LogP) is 6.06. The van der Waals surface area contributed by atoms with Gasteiger partial charge in [0.25, 0.3) is 0 Å². The van der Waals surface area contributed by atoms with Gasteiger partial charge in [-0.1, -0.05) is 56.2 Å². The quantitative estimate of drug-likeness (QED) is 0.360. The van der Waals surface area contributed by atoms with Crippen molar-refractivity contribution < 1.29 is 0 Å². The largest absolute Gasteiger partial charge is 0.0917 e. The van der Waals surface area contributed by atoms with Gasteiger partial charge in [-0.2, -0.15) is 0 Å². The third kappa shape index (κ3) is 6.23. The fourth-order valence-corrected chi connectivity index (χ4v) is 2.80. The summed E-state index contributed by atoms with van der Waals surface area (Å²) in [4.78, 5) is 0. The van der Waals surface area contributed by atoms with Crippen molar-refractivity contribution in [3.63, 3.8) is 0 Å². The number of hydrogen-bond donors (Lipinski definition) is 0. The zero-order valence-electron chi connectivity index (χ0n) is 12.3. The van der Waals surface area contributed by atoms with Gasteiger partial charge in [0.2, 0.25) is 0 Å². The monoisotopic (exact) mass is 246 g/mol. The number of rotatable bonds is 8. The van der Waals surface area contributed by atoms with E-state index in [0.29, 0.717) is 0 Å². The van der Waals surface area contributed by atoms with Gasteiger partial charge in [-0.15, -0.1) is 0 Å². The highest BCUT2D eigenvalue weighted by Gasteiger charge is 2.23. The summed E-state index contributed by atoms with van der Waals surface area (Å²) < 4.78 is 0. The second-order valence-electron chi connectivity index (χ2n) is 5.43. The molecule has 2 atom stereocenters. The first-order chi connectivity index (χ1) is 8.88. The molecule has 0 spiro atoms. The van der Waals surface area contributed by atoms with Crippen molar-refractivity contribution in [2.24, 2.45) is 11.8 Å². The summed E-state index contributed by atoms with van der Waals surface area (Å²) in [5.41, 5.74) is 0. The van der Waals surface area contributed by atoms with E-state index in [2.05, 4.69) is 50.3 Å². The van der Waals surface area contributed by atoms with Crippen LogP contribution in [0.25, 0.3) is 0 Å². The molecule has 0 unspecified atom stereocenters. The molecule has 0 radical (unpaired) electrons. The lowest BCUT2D eigenvalue weighted by Gasteiger charge is -2.13. The Hall–Kier alpha value is -0.780. The van der Waals surface area contributed by atoms with Crippen molar-refractivity contribution >= 4 is 0 Å². The van der Waals surface area contributed by atoms with E-state index < -0.39 is 0 Å². The van der Waals surface area contributed by atoms with E-state index in [9.17, 15) is 0 Å². The Morgan fingerprint density at radius 3 is 2.56 bits per heavy atom. The van der Waals surface area contributed by atoms with Crippen LogP contribution in [0, 0.1) is 11.8 Å². The van der Waals surface area contributed by atoms with E-state index in [-0.39, 0.29) is 0 Å². The molecule has 1 saturated carbocycles. The van der Waals surface area contributed by atoms with Crippen LogP contribution in [0.15, 0.2) is 36.5 Å². The molecule has 0 aromatic carbocycles. The van der Waals surface area contributed by atoms with Crippen LogP contribution in [0.3, 0.4) is 0 Å². The first kappa shape index (κ1) is 15.3. The van der Waals surface area contributed by atoms with Crippen molar-refractivity contribution in [1.29, 1.82) is 0 Å². The van der Waals surface area contributed by atoms with E-state index in [1.54, 1.807) is 0 Å². The topological polar surface area (TPSA) is 0 Å². The standard InChI is InChI=1S/C18H30/c1-3-5-7-9-11-14-18-16-12-15-17(18)13-10-8-6-4-2/h3,5,8,10-11,14,17-18H,4,6-7,9,12-13,15-16H2,1-2H3/t17-,18-/m0/s1. The molecule has 0 saturated heterocycles. The molecule has 1 aliphatic carbocycles. The molecule has 1 fully saturated rings. The third-order valence-corrected chi connectivity index (χ3v) is 3.90. The lowest BCUT2D eigenvalue weighted by Crippen LogP contribution is -2.03. The Morgan fingerprint density at radius 2 is 1.78 bits per heavy atom. The van der Waals surface area contributed by atoms with E-state index in [1.807, 2.05) is 0 Å². The van der Waals surface area contributed by atoms with Gasteiger partial charge in [-0.3, -0.25) is 0 Å². The zero-order valence-corrected chi connectivity index (χ0v) is 12.3. The average Bonchev–Trinajstić information content (AvgIpc) is 2.82. The Morgan fingerprint density at radius 1 is 0.944 bits per heavy atom. The highest BCUT2D eigenvalue weighted by Crippen LogP contribution is 2.35. The lowest BCUT2D eigenvalue weighted by molar-refractivity contribution is 0.463. The maximum atomic E-state index is 2.49. The third-order valence-electron chi connectivity index (χ3n) is 3.90. The molecule has 0 nitrogen and oxygen atoms in total. The fourth-order valence-electron chi connectivity index (χ4n) is 2.80. The Labute approximate surface area is 114 Å². The summed E-state index contributed by atoms with van der Waals surface area (Å²) in [5, 5.41) is 0. The van der Waals surface area contributed by atoms with Gasteiger partial charge in [0.05, 0.1) is 0 Å². The normalized spacial score (nSPS) is 25.0. The number of allylic oxidation sites excluding steroid dienone is 6. The summed E-state index contributed by atoms with van der Waals surface area (Å²) in [6.07, 6.45) is 24.6. The van der Waals surface area contributed by atoms with Crippen LogP contribution in [-0.4, -0.2) is 0 Å². The molecule has 1 aliphatic rings. The molecule has 0 aliphatic heterocycles. The second-order valence-corrected chi connectivity index (χ2v) is 5.43. The van der Waals surface area contributed by atoms with Crippen LogP contribution in [0.2, 0.25) is 0 Å². The van der Waals surface area contributed by atoms with Gasteiger partial charge in [0, 0.05) is 0 Å². The van der Waals surface area contributed by atoms with Gasteiger partial charge in [0.1, 0.15) is 0 Å². The minimum atomic E-state index is 0.849. The van der Waals surface area contributed by atoms with E-state index in [0.717, 1.165) is 11.8 Å². The molecule has 0 heterocycles. The van der Waals surface area contributed by atoms with Crippen molar-refractivity contribution in [1.82, 2.24) is 0 Å². The Bertz CT molecular complexity index is 270. The van der Waals surface area contributed by atoms with Crippen molar-refractivity contribution in [2.45, 2.75) is 65.2 Å².